The third kappa shape index (κ3) is 3.30. The van der Waals surface area contributed by atoms with Crippen LogP contribution in [-0.2, 0) is 4.79 Å². The van der Waals surface area contributed by atoms with Crippen molar-refractivity contribution in [2.45, 2.75) is 44.7 Å². The summed E-state index contributed by atoms with van der Waals surface area (Å²) in [5.74, 6) is 0.695. The van der Waals surface area contributed by atoms with E-state index in [9.17, 15) is 14.7 Å². The highest BCUT2D eigenvalue weighted by atomic mass is 32.2. The fourth-order valence-electron chi connectivity index (χ4n) is 3.69. The van der Waals surface area contributed by atoms with Gasteiger partial charge in [0.05, 0.1) is 0 Å². The van der Waals surface area contributed by atoms with E-state index in [4.69, 9.17) is 0 Å². The summed E-state index contributed by atoms with van der Waals surface area (Å²) < 4.78 is 0. The van der Waals surface area contributed by atoms with Crippen molar-refractivity contribution in [2.75, 3.05) is 25.6 Å². The van der Waals surface area contributed by atoms with Crippen molar-refractivity contribution in [1.82, 2.24) is 9.80 Å². The molecule has 2 fully saturated rings. The molecule has 1 aliphatic carbocycles. The van der Waals surface area contributed by atoms with E-state index in [1.807, 2.05) is 6.92 Å². The smallest absolute Gasteiger partial charge is 0.326 e. The Morgan fingerprint density at radius 3 is 2.76 bits per heavy atom. The molecular formula is C15H26N2O3S. The highest BCUT2D eigenvalue weighted by molar-refractivity contribution is 7.98. The van der Waals surface area contributed by atoms with E-state index in [0.717, 1.165) is 31.4 Å². The van der Waals surface area contributed by atoms with E-state index in [2.05, 4.69) is 6.26 Å². The van der Waals surface area contributed by atoms with Gasteiger partial charge in [0.1, 0.15) is 6.04 Å². The molecule has 1 aliphatic heterocycles. The Morgan fingerprint density at radius 2 is 2.14 bits per heavy atom. The third-order valence-corrected chi connectivity index (χ3v) is 5.74. The number of likely N-dealkylation sites (tertiary alicyclic amines) is 1. The van der Waals surface area contributed by atoms with E-state index in [1.165, 1.54) is 0 Å². The predicted octanol–water partition coefficient (Wildman–Crippen LogP) is 2.36. The van der Waals surface area contributed by atoms with Crippen LogP contribution in [0.5, 0.6) is 0 Å². The van der Waals surface area contributed by atoms with Crippen molar-refractivity contribution in [3.8, 4) is 0 Å². The average Bonchev–Trinajstić information content (AvgIpc) is 3.02. The fourth-order valence-corrected chi connectivity index (χ4v) is 4.27. The molecule has 6 heteroatoms. The number of urea groups is 1. The monoisotopic (exact) mass is 314 g/mol. The van der Waals surface area contributed by atoms with Gasteiger partial charge in [0, 0.05) is 19.6 Å². The molecule has 4 unspecified atom stereocenters. The number of aliphatic carboxylic acids is 1. The van der Waals surface area contributed by atoms with E-state index in [0.29, 0.717) is 12.5 Å². The Kier molecular flexibility index (Phi) is 5.41. The Labute approximate surface area is 131 Å². The maximum atomic E-state index is 12.7. The summed E-state index contributed by atoms with van der Waals surface area (Å²) in [7, 11) is 1.79. The van der Waals surface area contributed by atoms with Crippen LogP contribution in [0.3, 0.4) is 0 Å². The van der Waals surface area contributed by atoms with Crippen LogP contribution in [0.4, 0.5) is 4.79 Å². The Morgan fingerprint density at radius 1 is 1.43 bits per heavy atom. The van der Waals surface area contributed by atoms with Gasteiger partial charge in [-0.3, -0.25) is 0 Å². The summed E-state index contributed by atoms with van der Waals surface area (Å²) in [5, 5.41) is 9.53. The van der Waals surface area contributed by atoms with Gasteiger partial charge in [-0.1, -0.05) is 6.42 Å². The molecule has 1 saturated carbocycles. The SMILES string of the molecule is CSCCC(C)N(C)C(=O)N1CC2CCCC2C1C(=O)O. The molecule has 21 heavy (non-hydrogen) atoms. The van der Waals surface area contributed by atoms with E-state index < -0.39 is 12.0 Å². The second-order valence-electron chi connectivity index (χ2n) is 6.31. The van der Waals surface area contributed by atoms with Gasteiger partial charge >= 0.3 is 12.0 Å². The van der Waals surface area contributed by atoms with Crippen LogP contribution in [0.25, 0.3) is 0 Å². The maximum absolute atomic E-state index is 12.7. The van der Waals surface area contributed by atoms with Crippen LogP contribution in [0, 0.1) is 11.8 Å². The lowest BCUT2D eigenvalue weighted by Gasteiger charge is -2.32. The zero-order chi connectivity index (χ0) is 15.6. The Bertz CT molecular complexity index is 404. The van der Waals surface area contributed by atoms with E-state index in [-0.39, 0.29) is 18.0 Å². The summed E-state index contributed by atoms with van der Waals surface area (Å²) in [4.78, 5) is 27.6. The van der Waals surface area contributed by atoms with Crippen molar-refractivity contribution < 1.29 is 14.7 Å². The highest BCUT2D eigenvalue weighted by Gasteiger charge is 2.50. The van der Waals surface area contributed by atoms with Gasteiger partial charge in [-0.25, -0.2) is 9.59 Å². The molecule has 0 aromatic heterocycles. The molecule has 2 rings (SSSR count). The van der Waals surface area contributed by atoms with Crippen molar-refractivity contribution in [3.63, 3.8) is 0 Å². The molecule has 0 aromatic carbocycles. The van der Waals surface area contributed by atoms with Crippen molar-refractivity contribution in [2.24, 2.45) is 11.8 Å². The molecule has 120 valence electrons. The lowest BCUT2D eigenvalue weighted by molar-refractivity contribution is -0.142. The number of hydrogen-bond acceptors (Lipinski definition) is 3. The third-order valence-electron chi connectivity index (χ3n) is 5.09. The molecule has 0 aromatic rings. The average molecular weight is 314 g/mol. The molecule has 1 saturated heterocycles. The fraction of sp³-hybridized carbons (Fsp3) is 0.867. The number of carboxylic acid groups (broad SMARTS) is 1. The largest absolute Gasteiger partial charge is 0.480 e. The van der Waals surface area contributed by atoms with E-state index >= 15 is 0 Å². The van der Waals surface area contributed by atoms with Gasteiger partial charge in [0.25, 0.3) is 0 Å². The minimum Gasteiger partial charge on any atom is -0.480 e. The van der Waals surface area contributed by atoms with Gasteiger partial charge in [-0.05, 0) is 50.0 Å². The van der Waals surface area contributed by atoms with Crippen molar-refractivity contribution in [3.05, 3.63) is 0 Å². The number of carbonyl (C=O) groups is 2. The first-order valence-corrected chi connectivity index (χ1v) is 9.12. The number of hydrogen-bond donors (Lipinski definition) is 1. The highest BCUT2D eigenvalue weighted by Crippen LogP contribution is 2.42. The topological polar surface area (TPSA) is 60.9 Å². The number of carboxylic acids is 1. The first kappa shape index (κ1) is 16.5. The number of amides is 2. The summed E-state index contributed by atoms with van der Waals surface area (Å²) in [5.41, 5.74) is 0. The molecule has 0 radical (unpaired) electrons. The first-order valence-electron chi connectivity index (χ1n) is 7.72. The van der Waals surface area contributed by atoms with Crippen LogP contribution in [-0.4, -0.2) is 64.6 Å². The van der Waals surface area contributed by atoms with Crippen LogP contribution >= 0.6 is 11.8 Å². The van der Waals surface area contributed by atoms with Crippen LogP contribution in [0.2, 0.25) is 0 Å². The molecule has 4 atom stereocenters. The minimum absolute atomic E-state index is 0.120. The standard InChI is InChI=1S/C15H26N2O3S/c1-10(7-8-21-3)16(2)15(20)17-9-11-5-4-6-12(11)13(17)14(18)19/h10-13H,4-9H2,1-3H3,(H,18,19). The van der Waals surface area contributed by atoms with Gasteiger partial charge in [-0.15, -0.1) is 0 Å². The van der Waals surface area contributed by atoms with Gasteiger partial charge in [0.2, 0.25) is 0 Å². The van der Waals surface area contributed by atoms with Crippen LogP contribution < -0.4 is 0 Å². The van der Waals surface area contributed by atoms with Crippen molar-refractivity contribution in [1.29, 1.82) is 0 Å². The number of nitrogens with zero attached hydrogens (tertiary/aromatic N) is 2. The molecular weight excluding hydrogens is 288 g/mol. The number of thioether (sulfide) groups is 1. The maximum Gasteiger partial charge on any atom is 0.326 e. The minimum atomic E-state index is -0.845. The van der Waals surface area contributed by atoms with Crippen molar-refractivity contribution >= 4 is 23.8 Å². The second kappa shape index (κ2) is 6.90. The summed E-state index contributed by atoms with van der Waals surface area (Å²) in [6.07, 6.45) is 6.08. The summed E-state index contributed by atoms with van der Waals surface area (Å²) >= 11 is 1.76. The molecule has 1 heterocycles. The van der Waals surface area contributed by atoms with Crippen LogP contribution in [0.1, 0.15) is 32.6 Å². The summed E-state index contributed by atoms with van der Waals surface area (Å²) in [6, 6.07) is -0.606. The predicted molar refractivity (Wildman–Crippen MR) is 84.6 cm³/mol. The lowest BCUT2D eigenvalue weighted by atomic mass is 9.94. The lowest BCUT2D eigenvalue weighted by Crippen LogP contribution is -2.50. The number of rotatable bonds is 5. The Balaban J connectivity index is 2.05. The molecule has 2 aliphatic rings. The van der Waals surface area contributed by atoms with E-state index in [1.54, 1.807) is 28.6 Å². The second-order valence-corrected chi connectivity index (χ2v) is 7.30. The summed E-state index contributed by atoms with van der Waals surface area (Å²) in [6.45, 7) is 2.64. The number of carbonyl (C=O) groups excluding carboxylic acids is 1. The van der Waals surface area contributed by atoms with Gasteiger partial charge in [-0.2, -0.15) is 11.8 Å². The zero-order valence-electron chi connectivity index (χ0n) is 13.1. The quantitative estimate of drug-likeness (QED) is 0.846. The molecule has 5 nitrogen and oxygen atoms in total. The van der Waals surface area contributed by atoms with Gasteiger partial charge < -0.3 is 14.9 Å². The first-order chi connectivity index (χ1) is 9.97. The number of fused-ring (bicyclic) bond motifs is 1. The zero-order valence-corrected chi connectivity index (χ0v) is 13.9. The Hall–Kier alpha value is -0.910. The molecule has 1 N–H and O–H groups in total. The molecule has 0 spiro atoms. The molecule has 0 bridgehead atoms. The van der Waals surface area contributed by atoms with Gasteiger partial charge in [0.15, 0.2) is 0 Å². The normalized spacial score (nSPS) is 29.3. The molecule has 2 amide bonds. The van der Waals surface area contributed by atoms with Crippen LogP contribution in [0.15, 0.2) is 0 Å².